The van der Waals surface area contributed by atoms with Crippen molar-refractivity contribution in [2.45, 2.75) is 6.54 Å². The molecule has 7 heteroatoms. The summed E-state index contributed by atoms with van der Waals surface area (Å²) in [6, 6.07) is 8.48. The summed E-state index contributed by atoms with van der Waals surface area (Å²) in [6.07, 6.45) is 0.794. The molecule has 1 heterocycles. The van der Waals surface area contributed by atoms with Crippen LogP contribution in [-0.2, 0) is 6.54 Å². The molecule has 6 nitrogen and oxygen atoms in total. The minimum Gasteiger partial charge on any atom is -0.504 e. The Kier molecular flexibility index (Phi) is 3.56. The van der Waals surface area contributed by atoms with Crippen LogP contribution in [0.15, 0.2) is 41.3 Å². The number of benzene rings is 1. The number of halogens is 1. The molecular weight excluding hydrogens is 253 g/mol. The molecule has 98 valence electrons. The Labute approximate surface area is 107 Å². The Morgan fingerprint density at radius 2 is 2.05 bits per heavy atom. The van der Waals surface area contributed by atoms with Gasteiger partial charge in [-0.2, -0.15) is 10.1 Å². The van der Waals surface area contributed by atoms with E-state index in [0.717, 1.165) is 6.20 Å². The molecule has 19 heavy (non-hydrogen) atoms. The zero-order valence-electron chi connectivity index (χ0n) is 9.71. The van der Waals surface area contributed by atoms with Crippen molar-refractivity contribution in [1.29, 1.82) is 0 Å². The van der Waals surface area contributed by atoms with E-state index in [2.05, 4.69) is 4.98 Å². The monoisotopic (exact) mass is 263 g/mol. The topological polar surface area (TPSA) is 86.3 Å². The SMILES string of the molecule is O=C(c1[nH]c(=O)ncc1O)N(F)Cc1ccccc1. The lowest BCUT2D eigenvalue weighted by Gasteiger charge is -2.12. The van der Waals surface area contributed by atoms with Gasteiger partial charge >= 0.3 is 11.6 Å². The predicted molar refractivity (Wildman–Crippen MR) is 63.9 cm³/mol. The number of hydrogen-bond acceptors (Lipinski definition) is 4. The lowest BCUT2D eigenvalue weighted by Crippen LogP contribution is -2.26. The van der Waals surface area contributed by atoms with Crippen molar-refractivity contribution in [2.75, 3.05) is 0 Å². The number of aromatic amines is 1. The first-order valence-corrected chi connectivity index (χ1v) is 5.38. The summed E-state index contributed by atoms with van der Waals surface area (Å²) in [4.78, 5) is 27.9. The minimum absolute atomic E-state index is 0.0969. The van der Waals surface area contributed by atoms with E-state index in [1.807, 2.05) is 4.98 Å². The van der Waals surface area contributed by atoms with Crippen LogP contribution < -0.4 is 5.69 Å². The van der Waals surface area contributed by atoms with Gasteiger partial charge in [-0.25, -0.2) is 4.79 Å². The van der Waals surface area contributed by atoms with Crippen molar-refractivity contribution >= 4 is 5.91 Å². The number of carbonyl (C=O) groups excluding carboxylic acids is 1. The third-order valence-corrected chi connectivity index (χ3v) is 2.39. The lowest BCUT2D eigenvalue weighted by molar-refractivity contribution is 0.0138. The van der Waals surface area contributed by atoms with Gasteiger partial charge in [-0.1, -0.05) is 34.8 Å². The van der Waals surface area contributed by atoms with Crippen LogP contribution in [0.3, 0.4) is 0 Å². The molecule has 2 aromatic rings. The van der Waals surface area contributed by atoms with E-state index in [0.29, 0.717) is 5.56 Å². The normalized spacial score (nSPS) is 10.2. The molecule has 0 bridgehead atoms. The molecular formula is C12H10FN3O3. The molecule has 0 saturated heterocycles. The zero-order chi connectivity index (χ0) is 13.8. The highest BCUT2D eigenvalue weighted by Crippen LogP contribution is 2.15. The van der Waals surface area contributed by atoms with Crippen molar-refractivity contribution in [3.63, 3.8) is 0 Å². The van der Waals surface area contributed by atoms with Crippen LogP contribution in [0.25, 0.3) is 0 Å². The summed E-state index contributed by atoms with van der Waals surface area (Å²) >= 11 is 0. The first-order valence-electron chi connectivity index (χ1n) is 5.38. The maximum absolute atomic E-state index is 13.7. The van der Waals surface area contributed by atoms with E-state index in [1.165, 1.54) is 0 Å². The van der Waals surface area contributed by atoms with Crippen molar-refractivity contribution in [3.8, 4) is 5.75 Å². The highest BCUT2D eigenvalue weighted by atomic mass is 19.2. The number of hydrogen-bond donors (Lipinski definition) is 2. The van der Waals surface area contributed by atoms with Gasteiger partial charge in [0.2, 0.25) is 0 Å². The molecule has 0 aliphatic carbocycles. The van der Waals surface area contributed by atoms with Gasteiger partial charge in [0.05, 0.1) is 12.7 Å². The quantitative estimate of drug-likeness (QED) is 0.809. The van der Waals surface area contributed by atoms with E-state index in [9.17, 15) is 19.2 Å². The fourth-order valence-electron chi connectivity index (χ4n) is 1.49. The van der Waals surface area contributed by atoms with Crippen LogP contribution in [0, 0.1) is 0 Å². The van der Waals surface area contributed by atoms with Crippen LogP contribution in [0.1, 0.15) is 16.1 Å². The Bertz CT molecular complexity index is 642. The molecule has 0 fully saturated rings. The molecule has 0 spiro atoms. The molecule has 0 unspecified atom stereocenters. The molecule has 0 aliphatic heterocycles. The van der Waals surface area contributed by atoms with Gasteiger partial charge in [-0.3, -0.25) is 9.78 Å². The molecule has 1 aromatic heterocycles. The first kappa shape index (κ1) is 12.7. The number of nitrogens with one attached hydrogen (secondary N) is 1. The molecule has 2 N–H and O–H groups in total. The van der Waals surface area contributed by atoms with Crippen molar-refractivity contribution < 1.29 is 14.4 Å². The van der Waals surface area contributed by atoms with E-state index in [-0.39, 0.29) is 11.7 Å². The van der Waals surface area contributed by atoms with Gasteiger partial charge in [-0.05, 0) is 5.56 Å². The maximum atomic E-state index is 13.7. The number of carbonyl (C=O) groups is 1. The molecule has 1 aromatic carbocycles. The van der Waals surface area contributed by atoms with Crippen LogP contribution >= 0.6 is 0 Å². The van der Waals surface area contributed by atoms with Crippen molar-refractivity contribution in [3.05, 3.63) is 58.3 Å². The largest absolute Gasteiger partial charge is 0.504 e. The number of aromatic hydroxyl groups is 1. The van der Waals surface area contributed by atoms with Gasteiger partial charge in [0.15, 0.2) is 11.4 Å². The van der Waals surface area contributed by atoms with E-state index in [4.69, 9.17) is 0 Å². The summed E-state index contributed by atoms with van der Waals surface area (Å²) in [6.45, 7) is -0.288. The Morgan fingerprint density at radius 3 is 2.74 bits per heavy atom. The highest BCUT2D eigenvalue weighted by molar-refractivity contribution is 5.93. The summed E-state index contributed by atoms with van der Waals surface area (Å²) < 4.78 is 13.7. The van der Waals surface area contributed by atoms with E-state index in [1.54, 1.807) is 30.3 Å². The molecule has 0 atom stereocenters. The number of nitrogens with zero attached hydrogens (tertiary/aromatic N) is 2. The van der Waals surface area contributed by atoms with Crippen LogP contribution in [-0.4, -0.2) is 26.1 Å². The number of H-pyrrole nitrogens is 1. The van der Waals surface area contributed by atoms with E-state index >= 15 is 0 Å². The average molecular weight is 263 g/mol. The second-order valence-electron chi connectivity index (χ2n) is 3.76. The zero-order valence-corrected chi connectivity index (χ0v) is 9.71. The smallest absolute Gasteiger partial charge is 0.345 e. The molecule has 2 rings (SSSR count). The third kappa shape index (κ3) is 2.95. The Balaban J connectivity index is 2.19. The Morgan fingerprint density at radius 1 is 1.37 bits per heavy atom. The second kappa shape index (κ2) is 5.30. The summed E-state index contributed by atoms with van der Waals surface area (Å²) in [5.74, 6) is -1.72. The standard InChI is InChI=1S/C12H10FN3O3/c13-16(7-8-4-2-1-3-5-8)11(18)10-9(17)6-14-12(19)15-10/h1-6,17H,7H2,(H,14,15,19). The van der Waals surface area contributed by atoms with Crippen LogP contribution in [0.5, 0.6) is 5.75 Å². The average Bonchev–Trinajstić information content (AvgIpc) is 2.42. The van der Waals surface area contributed by atoms with Crippen LogP contribution in [0.2, 0.25) is 0 Å². The van der Waals surface area contributed by atoms with Gasteiger partial charge in [0.25, 0.3) is 0 Å². The van der Waals surface area contributed by atoms with Gasteiger partial charge < -0.3 is 5.11 Å². The highest BCUT2D eigenvalue weighted by Gasteiger charge is 2.20. The predicted octanol–water partition coefficient (Wildman–Crippen LogP) is 1.00. The van der Waals surface area contributed by atoms with Crippen molar-refractivity contribution in [1.82, 2.24) is 15.1 Å². The maximum Gasteiger partial charge on any atom is 0.345 e. The molecule has 0 radical (unpaired) electrons. The number of aromatic nitrogens is 2. The minimum atomic E-state index is -1.14. The first-order chi connectivity index (χ1) is 9.08. The van der Waals surface area contributed by atoms with E-state index < -0.39 is 23.0 Å². The van der Waals surface area contributed by atoms with Gasteiger partial charge in [0, 0.05) is 0 Å². The lowest BCUT2D eigenvalue weighted by atomic mass is 10.2. The molecule has 0 aliphatic rings. The second-order valence-corrected chi connectivity index (χ2v) is 3.76. The number of rotatable bonds is 3. The summed E-state index contributed by atoms with van der Waals surface area (Å²) in [5.41, 5.74) is -0.790. The fourth-order valence-corrected chi connectivity index (χ4v) is 1.49. The van der Waals surface area contributed by atoms with Gasteiger partial charge in [0.1, 0.15) is 0 Å². The Hall–Kier alpha value is -2.70. The summed E-state index contributed by atoms with van der Waals surface area (Å²) in [7, 11) is 0. The molecule has 0 saturated carbocycles. The van der Waals surface area contributed by atoms with Crippen LogP contribution in [0.4, 0.5) is 4.48 Å². The third-order valence-electron chi connectivity index (χ3n) is 2.39. The molecule has 1 amide bonds. The number of amides is 1. The van der Waals surface area contributed by atoms with Crippen molar-refractivity contribution in [2.24, 2.45) is 0 Å². The van der Waals surface area contributed by atoms with Gasteiger partial charge in [-0.15, -0.1) is 0 Å². The fraction of sp³-hybridized carbons (Fsp3) is 0.0833. The summed E-state index contributed by atoms with van der Waals surface area (Å²) in [5, 5.41) is 9.28.